The van der Waals surface area contributed by atoms with Gasteiger partial charge >= 0.3 is 0 Å². The van der Waals surface area contributed by atoms with E-state index < -0.39 is 0 Å². The fraction of sp³-hybridized carbons (Fsp3) is 0.562. The molecule has 1 atom stereocenters. The summed E-state index contributed by atoms with van der Waals surface area (Å²) in [5, 5.41) is 4.00. The van der Waals surface area contributed by atoms with Crippen LogP contribution < -0.4 is 5.32 Å². The van der Waals surface area contributed by atoms with Crippen molar-refractivity contribution in [3.63, 3.8) is 0 Å². The average Bonchev–Trinajstić information content (AvgIpc) is 2.36. The standard InChI is InChI=1S/C16H25ClN2O/c1-11(2)19(12(3)4)16(20)10-18-13(5)14-6-8-15(17)9-7-14/h6-9,11-13,18H,10H2,1-5H3. The first kappa shape index (κ1) is 17.0. The number of hydrogen-bond donors (Lipinski definition) is 1. The number of nitrogens with one attached hydrogen (secondary N) is 1. The number of benzene rings is 1. The van der Waals surface area contributed by atoms with Gasteiger partial charge in [0.15, 0.2) is 0 Å². The molecule has 1 rings (SSSR count). The molecule has 0 fully saturated rings. The van der Waals surface area contributed by atoms with Crippen molar-refractivity contribution >= 4 is 17.5 Å². The summed E-state index contributed by atoms with van der Waals surface area (Å²) in [5.74, 6) is 0.135. The molecule has 112 valence electrons. The van der Waals surface area contributed by atoms with Gasteiger partial charge < -0.3 is 10.2 Å². The van der Waals surface area contributed by atoms with Crippen LogP contribution in [0.2, 0.25) is 5.02 Å². The van der Waals surface area contributed by atoms with Crippen LogP contribution >= 0.6 is 11.6 Å². The van der Waals surface area contributed by atoms with E-state index in [1.54, 1.807) is 0 Å². The Balaban J connectivity index is 2.57. The van der Waals surface area contributed by atoms with Gasteiger partial charge in [0.05, 0.1) is 6.54 Å². The average molecular weight is 297 g/mol. The largest absolute Gasteiger partial charge is 0.337 e. The summed E-state index contributed by atoms with van der Waals surface area (Å²) in [5.41, 5.74) is 1.13. The summed E-state index contributed by atoms with van der Waals surface area (Å²) in [6.07, 6.45) is 0. The zero-order valence-corrected chi connectivity index (χ0v) is 13.7. The van der Waals surface area contributed by atoms with E-state index in [1.165, 1.54) is 0 Å². The molecule has 0 spiro atoms. The van der Waals surface area contributed by atoms with Gasteiger partial charge in [0.1, 0.15) is 0 Å². The van der Waals surface area contributed by atoms with Crippen molar-refractivity contribution < 1.29 is 4.79 Å². The van der Waals surface area contributed by atoms with E-state index >= 15 is 0 Å². The van der Waals surface area contributed by atoms with E-state index in [0.717, 1.165) is 10.6 Å². The summed E-state index contributed by atoms with van der Waals surface area (Å²) < 4.78 is 0. The van der Waals surface area contributed by atoms with E-state index in [0.29, 0.717) is 6.54 Å². The van der Waals surface area contributed by atoms with E-state index in [2.05, 4.69) is 5.32 Å². The monoisotopic (exact) mass is 296 g/mol. The summed E-state index contributed by atoms with van der Waals surface area (Å²) in [4.78, 5) is 14.2. The maximum atomic E-state index is 12.3. The maximum Gasteiger partial charge on any atom is 0.237 e. The van der Waals surface area contributed by atoms with E-state index in [4.69, 9.17) is 11.6 Å². The third-order valence-corrected chi connectivity index (χ3v) is 3.58. The van der Waals surface area contributed by atoms with Crippen LogP contribution in [0.1, 0.15) is 46.2 Å². The summed E-state index contributed by atoms with van der Waals surface area (Å²) in [7, 11) is 0. The molecule has 0 aliphatic carbocycles. The number of rotatable bonds is 6. The van der Waals surface area contributed by atoms with Gasteiger partial charge in [-0.05, 0) is 52.3 Å². The van der Waals surface area contributed by atoms with Crippen molar-refractivity contribution in [1.82, 2.24) is 10.2 Å². The van der Waals surface area contributed by atoms with Crippen molar-refractivity contribution in [2.45, 2.75) is 52.7 Å². The Morgan fingerprint density at radius 2 is 1.60 bits per heavy atom. The zero-order valence-electron chi connectivity index (χ0n) is 13.0. The molecule has 0 aliphatic rings. The predicted octanol–water partition coefficient (Wildman–Crippen LogP) is 3.64. The van der Waals surface area contributed by atoms with Gasteiger partial charge in [0.2, 0.25) is 5.91 Å². The van der Waals surface area contributed by atoms with Crippen LogP contribution in [-0.4, -0.2) is 29.4 Å². The molecule has 4 heteroatoms. The highest BCUT2D eigenvalue weighted by Crippen LogP contribution is 2.16. The Bertz CT molecular complexity index is 421. The number of carbonyl (C=O) groups is 1. The van der Waals surface area contributed by atoms with E-state index in [-0.39, 0.29) is 24.0 Å². The minimum absolute atomic E-state index is 0.123. The second-order valence-corrected chi connectivity index (χ2v) is 6.08. The molecule has 0 heterocycles. The highest BCUT2D eigenvalue weighted by atomic mass is 35.5. The van der Waals surface area contributed by atoms with Gasteiger partial charge in [0.25, 0.3) is 0 Å². The third kappa shape index (κ3) is 4.80. The summed E-state index contributed by atoms with van der Waals surface area (Å²) in [6.45, 7) is 10.6. The van der Waals surface area contributed by atoms with Crippen molar-refractivity contribution in [2.24, 2.45) is 0 Å². The Labute approximate surface area is 127 Å². The molecule has 0 saturated heterocycles. The number of amides is 1. The molecular weight excluding hydrogens is 272 g/mol. The predicted molar refractivity (Wildman–Crippen MR) is 85.0 cm³/mol. The van der Waals surface area contributed by atoms with Crippen LogP contribution in [0.4, 0.5) is 0 Å². The molecule has 0 aliphatic heterocycles. The Hall–Kier alpha value is -1.06. The second-order valence-electron chi connectivity index (χ2n) is 5.64. The van der Waals surface area contributed by atoms with Crippen LogP contribution in [0.5, 0.6) is 0 Å². The highest BCUT2D eigenvalue weighted by molar-refractivity contribution is 6.30. The minimum atomic E-state index is 0.123. The number of carbonyl (C=O) groups excluding carboxylic acids is 1. The Kier molecular flexibility index (Phi) is 6.50. The molecule has 3 nitrogen and oxygen atoms in total. The highest BCUT2D eigenvalue weighted by Gasteiger charge is 2.20. The molecule has 1 aromatic rings. The first-order chi connectivity index (χ1) is 9.32. The van der Waals surface area contributed by atoms with Crippen LogP contribution in [-0.2, 0) is 4.79 Å². The molecule has 20 heavy (non-hydrogen) atoms. The van der Waals surface area contributed by atoms with Crippen LogP contribution in [0, 0.1) is 0 Å². The summed E-state index contributed by atoms with van der Waals surface area (Å²) >= 11 is 5.87. The first-order valence-corrected chi connectivity index (χ1v) is 7.50. The lowest BCUT2D eigenvalue weighted by atomic mass is 10.1. The van der Waals surface area contributed by atoms with Gasteiger partial charge in [-0.15, -0.1) is 0 Å². The molecule has 0 aromatic heterocycles. The molecule has 1 aromatic carbocycles. The molecule has 1 unspecified atom stereocenters. The molecular formula is C16H25ClN2O. The van der Waals surface area contributed by atoms with Crippen LogP contribution in [0.25, 0.3) is 0 Å². The topological polar surface area (TPSA) is 32.3 Å². The number of halogens is 1. The van der Waals surface area contributed by atoms with Crippen LogP contribution in [0.3, 0.4) is 0 Å². The number of nitrogens with zero attached hydrogens (tertiary/aromatic N) is 1. The third-order valence-electron chi connectivity index (χ3n) is 3.33. The molecule has 0 saturated carbocycles. The van der Waals surface area contributed by atoms with Gasteiger partial charge in [-0.2, -0.15) is 0 Å². The van der Waals surface area contributed by atoms with Crippen molar-refractivity contribution in [3.05, 3.63) is 34.9 Å². The fourth-order valence-corrected chi connectivity index (χ4v) is 2.50. The first-order valence-electron chi connectivity index (χ1n) is 7.13. The zero-order chi connectivity index (χ0) is 15.3. The Morgan fingerprint density at radius 1 is 1.10 bits per heavy atom. The molecule has 1 amide bonds. The molecule has 0 radical (unpaired) electrons. The maximum absolute atomic E-state index is 12.3. The lowest BCUT2D eigenvalue weighted by Crippen LogP contribution is -2.46. The van der Waals surface area contributed by atoms with Crippen LogP contribution in [0.15, 0.2) is 24.3 Å². The Morgan fingerprint density at radius 3 is 2.05 bits per heavy atom. The van der Waals surface area contributed by atoms with E-state index in [1.807, 2.05) is 63.8 Å². The number of hydrogen-bond acceptors (Lipinski definition) is 2. The summed E-state index contributed by atoms with van der Waals surface area (Å²) in [6, 6.07) is 8.25. The van der Waals surface area contributed by atoms with E-state index in [9.17, 15) is 4.79 Å². The minimum Gasteiger partial charge on any atom is -0.337 e. The molecule has 1 N–H and O–H groups in total. The van der Waals surface area contributed by atoms with Gasteiger partial charge in [-0.1, -0.05) is 23.7 Å². The van der Waals surface area contributed by atoms with Crippen molar-refractivity contribution in [3.8, 4) is 0 Å². The van der Waals surface area contributed by atoms with Crippen molar-refractivity contribution in [2.75, 3.05) is 6.54 Å². The van der Waals surface area contributed by atoms with Crippen molar-refractivity contribution in [1.29, 1.82) is 0 Å². The van der Waals surface area contributed by atoms with Gasteiger partial charge in [-0.25, -0.2) is 0 Å². The second kappa shape index (κ2) is 7.65. The van der Waals surface area contributed by atoms with Gasteiger partial charge in [0, 0.05) is 23.1 Å². The lowest BCUT2D eigenvalue weighted by molar-refractivity contribution is -0.133. The SMILES string of the molecule is CC(NCC(=O)N(C(C)C)C(C)C)c1ccc(Cl)cc1. The lowest BCUT2D eigenvalue weighted by Gasteiger charge is -2.31. The smallest absolute Gasteiger partial charge is 0.237 e. The normalized spacial score (nSPS) is 12.8. The quantitative estimate of drug-likeness (QED) is 0.869. The molecule has 0 bridgehead atoms. The fourth-order valence-electron chi connectivity index (χ4n) is 2.37. The van der Waals surface area contributed by atoms with Gasteiger partial charge in [-0.3, -0.25) is 4.79 Å².